The fourth-order valence-electron chi connectivity index (χ4n) is 1.26. The molecule has 0 rings (SSSR count). The van der Waals surface area contributed by atoms with Gasteiger partial charge in [0.1, 0.15) is 0 Å². The van der Waals surface area contributed by atoms with E-state index < -0.39 is 0 Å². The van der Waals surface area contributed by atoms with Gasteiger partial charge in [-0.3, -0.25) is 4.79 Å². The lowest BCUT2D eigenvalue weighted by molar-refractivity contribution is -0.131. The van der Waals surface area contributed by atoms with E-state index >= 15 is 0 Å². The summed E-state index contributed by atoms with van der Waals surface area (Å²) in [6.07, 6.45) is 9.67. The van der Waals surface area contributed by atoms with Crippen molar-refractivity contribution in [2.45, 2.75) is 25.7 Å². The molecule has 1 amide bonds. The van der Waals surface area contributed by atoms with Gasteiger partial charge >= 0.3 is 0 Å². The van der Waals surface area contributed by atoms with Gasteiger partial charge in [0.25, 0.3) is 0 Å². The zero-order chi connectivity index (χ0) is 11.5. The van der Waals surface area contributed by atoms with Crippen LogP contribution in [0.1, 0.15) is 25.7 Å². The van der Waals surface area contributed by atoms with E-state index in [0.29, 0.717) is 19.5 Å². The Bertz CT molecular complexity index is 230. The Labute approximate surface area is 91.8 Å². The van der Waals surface area contributed by atoms with Crippen LogP contribution in [0.25, 0.3) is 0 Å². The largest absolute Gasteiger partial charge is 0.395 e. The monoisotopic (exact) mass is 209 g/mol. The molecule has 0 unspecified atom stereocenters. The first kappa shape index (κ1) is 13.7. The molecule has 3 nitrogen and oxygen atoms in total. The molecule has 0 fully saturated rings. The van der Waals surface area contributed by atoms with Crippen molar-refractivity contribution in [3.05, 3.63) is 12.7 Å². The third kappa shape index (κ3) is 6.75. The minimum absolute atomic E-state index is 0.00998. The van der Waals surface area contributed by atoms with E-state index in [0.717, 1.165) is 19.3 Å². The average Bonchev–Trinajstić information content (AvgIpc) is 2.24. The van der Waals surface area contributed by atoms with Crippen LogP contribution in [0.3, 0.4) is 0 Å². The highest BCUT2D eigenvalue weighted by Crippen LogP contribution is 2.03. The number of carbonyl (C=O) groups is 1. The first-order valence-electron chi connectivity index (χ1n) is 5.19. The van der Waals surface area contributed by atoms with E-state index in [-0.39, 0.29) is 12.5 Å². The molecule has 0 aliphatic heterocycles. The van der Waals surface area contributed by atoms with Gasteiger partial charge in [0, 0.05) is 25.9 Å². The zero-order valence-electron chi connectivity index (χ0n) is 9.11. The molecule has 0 heterocycles. The van der Waals surface area contributed by atoms with Crippen LogP contribution >= 0.6 is 0 Å². The standard InChI is InChI=1S/C12H19NO2/c1-3-5-6-7-8-12(15)13(9-4-2)10-11-14/h1,4,14H,2,5-11H2. The molecule has 15 heavy (non-hydrogen) atoms. The van der Waals surface area contributed by atoms with Gasteiger partial charge in [-0.05, 0) is 12.8 Å². The molecule has 0 radical (unpaired) electrons. The van der Waals surface area contributed by atoms with Crippen molar-refractivity contribution < 1.29 is 9.90 Å². The number of nitrogens with zero attached hydrogens (tertiary/aromatic N) is 1. The van der Waals surface area contributed by atoms with E-state index in [1.54, 1.807) is 11.0 Å². The van der Waals surface area contributed by atoms with Crippen molar-refractivity contribution in [3.8, 4) is 12.3 Å². The van der Waals surface area contributed by atoms with E-state index in [2.05, 4.69) is 12.5 Å². The number of hydrogen-bond acceptors (Lipinski definition) is 2. The number of hydrogen-bond donors (Lipinski definition) is 1. The molecule has 0 aromatic carbocycles. The second-order valence-corrected chi connectivity index (χ2v) is 3.26. The van der Waals surface area contributed by atoms with Crippen molar-refractivity contribution in [3.63, 3.8) is 0 Å². The maximum Gasteiger partial charge on any atom is 0.222 e. The normalized spacial score (nSPS) is 9.33. The summed E-state index contributed by atoms with van der Waals surface area (Å²) < 4.78 is 0. The Morgan fingerprint density at radius 2 is 2.27 bits per heavy atom. The second-order valence-electron chi connectivity index (χ2n) is 3.26. The second kappa shape index (κ2) is 9.29. The van der Waals surface area contributed by atoms with Gasteiger partial charge in [0.05, 0.1) is 6.61 Å². The predicted molar refractivity (Wildman–Crippen MR) is 61.2 cm³/mol. The van der Waals surface area contributed by atoms with Crippen molar-refractivity contribution in [2.75, 3.05) is 19.7 Å². The van der Waals surface area contributed by atoms with Gasteiger partial charge in [0.2, 0.25) is 5.91 Å². The number of unbranched alkanes of at least 4 members (excludes halogenated alkanes) is 2. The summed E-state index contributed by atoms with van der Waals surface area (Å²) in [7, 11) is 0. The Morgan fingerprint density at radius 1 is 1.53 bits per heavy atom. The Balaban J connectivity index is 3.81. The zero-order valence-corrected chi connectivity index (χ0v) is 9.11. The minimum Gasteiger partial charge on any atom is -0.395 e. The molecule has 1 N–H and O–H groups in total. The van der Waals surface area contributed by atoms with Gasteiger partial charge in [-0.1, -0.05) is 6.08 Å². The summed E-state index contributed by atoms with van der Waals surface area (Å²) in [6, 6.07) is 0. The van der Waals surface area contributed by atoms with Gasteiger partial charge in [0.15, 0.2) is 0 Å². The molecule has 0 bridgehead atoms. The molecular weight excluding hydrogens is 190 g/mol. The van der Waals surface area contributed by atoms with E-state index in [9.17, 15) is 4.79 Å². The van der Waals surface area contributed by atoms with Crippen LogP contribution in [-0.4, -0.2) is 35.6 Å². The number of aliphatic hydroxyl groups excluding tert-OH is 1. The SMILES string of the molecule is C#CCCCCC(=O)N(CC=C)CCO. The van der Waals surface area contributed by atoms with Crippen LogP contribution in [0.2, 0.25) is 0 Å². The minimum atomic E-state index is -0.00998. The van der Waals surface area contributed by atoms with Crippen LogP contribution < -0.4 is 0 Å². The number of terminal acetylenes is 1. The van der Waals surface area contributed by atoms with E-state index in [1.165, 1.54) is 0 Å². The van der Waals surface area contributed by atoms with E-state index in [1.807, 2.05) is 0 Å². The Hall–Kier alpha value is -1.27. The maximum absolute atomic E-state index is 11.6. The molecule has 0 saturated heterocycles. The molecule has 0 spiro atoms. The third-order valence-electron chi connectivity index (χ3n) is 2.03. The van der Waals surface area contributed by atoms with Crippen molar-refractivity contribution in [1.82, 2.24) is 4.90 Å². The summed E-state index contributed by atoms with van der Waals surface area (Å²) >= 11 is 0. The predicted octanol–water partition coefficient (Wildman–Crippen LogP) is 1.19. The molecule has 0 aromatic rings. The van der Waals surface area contributed by atoms with E-state index in [4.69, 9.17) is 11.5 Å². The smallest absolute Gasteiger partial charge is 0.222 e. The molecule has 0 atom stereocenters. The summed E-state index contributed by atoms with van der Waals surface area (Å²) in [6.45, 7) is 4.43. The van der Waals surface area contributed by atoms with Crippen LogP contribution in [-0.2, 0) is 4.79 Å². The summed E-state index contributed by atoms with van der Waals surface area (Å²) in [4.78, 5) is 13.2. The number of rotatable bonds is 8. The number of amides is 1. The Morgan fingerprint density at radius 3 is 2.80 bits per heavy atom. The molecule has 0 saturated carbocycles. The topological polar surface area (TPSA) is 40.5 Å². The average molecular weight is 209 g/mol. The van der Waals surface area contributed by atoms with Gasteiger partial charge in [-0.25, -0.2) is 0 Å². The number of carbonyl (C=O) groups excluding carboxylic acids is 1. The van der Waals surface area contributed by atoms with Crippen molar-refractivity contribution in [1.29, 1.82) is 0 Å². The lowest BCUT2D eigenvalue weighted by Crippen LogP contribution is -2.33. The first-order chi connectivity index (χ1) is 7.26. The highest BCUT2D eigenvalue weighted by atomic mass is 16.3. The highest BCUT2D eigenvalue weighted by molar-refractivity contribution is 5.76. The third-order valence-corrected chi connectivity index (χ3v) is 2.03. The van der Waals surface area contributed by atoms with Gasteiger partial charge < -0.3 is 10.0 Å². The number of aliphatic hydroxyl groups is 1. The first-order valence-corrected chi connectivity index (χ1v) is 5.19. The van der Waals surface area contributed by atoms with Crippen molar-refractivity contribution >= 4 is 5.91 Å². The summed E-state index contributed by atoms with van der Waals surface area (Å²) in [5.74, 6) is 2.60. The lowest BCUT2D eigenvalue weighted by atomic mass is 10.2. The molecule has 0 aromatic heterocycles. The summed E-state index contributed by atoms with van der Waals surface area (Å²) in [5.41, 5.74) is 0. The van der Waals surface area contributed by atoms with Gasteiger partial charge in [-0.15, -0.1) is 18.9 Å². The van der Waals surface area contributed by atoms with Crippen LogP contribution in [0, 0.1) is 12.3 Å². The quantitative estimate of drug-likeness (QED) is 0.370. The fraction of sp³-hybridized carbons (Fsp3) is 0.583. The molecule has 0 aliphatic carbocycles. The summed E-state index contributed by atoms with van der Waals surface area (Å²) in [5, 5.41) is 8.77. The van der Waals surface area contributed by atoms with Crippen LogP contribution in [0.4, 0.5) is 0 Å². The highest BCUT2D eigenvalue weighted by Gasteiger charge is 2.10. The molecule has 84 valence electrons. The van der Waals surface area contributed by atoms with Crippen LogP contribution in [0.15, 0.2) is 12.7 Å². The Kier molecular flexibility index (Phi) is 8.50. The molecule has 0 aliphatic rings. The lowest BCUT2D eigenvalue weighted by Gasteiger charge is -2.19. The van der Waals surface area contributed by atoms with Crippen LogP contribution in [0.5, 0.6) is 0 Å². The maximum atomic E-state index is 11.6. The van der Waals surface area contributed by atoms with Gasteiger partial charge in [-0.2, -0.15) is 0 Å². The van der Waals surface area contributed by atoms with Crippen molar-refractivity contribution in [2.24, 2.45) is 0 Å². The fourth-order valence-corrected chi connectivity index (χ4v) is 1.26. The molecular formula is C12H19NO2. The molecule has 3 heteroatoms.